The van der Waals surface area contributed by atoms with Crippen LogP contribution in [0.4, 0.5) is 0 Å². The zero-order chi connectivity index (χ0) is 10.3. The summed E-state index contributed by atoms with van der Waals surface area (Å²) in [6, 6.07) is 8.31. The van der Waals surface area contributed by atoms with Crippen LogP contribution in [0.5, 0.6) is 0 Å². The van der Waals surface area contributed by atoms with E-state index in [1.54, 1.807) is 0 Å². The third kappa shape index (κ3) is 1.41. The van der Waals surface area contributed by atoms with Crippen LogP contribution in [0.2, 0.25) is 0 Å². The molecule has 0 radical (unpaired) electrons. The lowest BCUT2D eigenvalue weighted by atomic mass is 10.0. The number of aliphatic hydroxyl groups is 1. The predicted molar refractivity (Wildman–Crippen MR) is 59.7 cm³/mol. The highest BCUT2D eigenvalue weighted by Gasteiger charge is 2.38. The molecule has 2 heteroatoms. The molecular formula is C13H13NO. The third-order valence-electron chi connectivity index (χ3n) is 3.26. The number of hydrogen-bond acceptors (Lipinski definition) is 2. The lowest BCUT2D eigenvalue weighted by Gasteiger charge is -2.04. The highest BCUT2D eigenvalue weighted by atomic mass is 16.3. The summed E-state index contributed by atoms with van der Waals surface area (Å²) < 4.78 is 0. The molecule has 3 rings (SSSR count). The standard InChI is InChI=1S/C13H13NO/c15-8-10-5-12(10)13-7-14-6-9-3-1-2-4-11(9)13/h1-4,6-7,10,12,15H,5,8H2. The first-order valence-corrected chi connectivity index (χ1v) is 5.33. The number of benzene rings is 1. The number of hydrogen-bond donors (Lipinski definition) is 1. The first kappa shape index (κ1) is 8.86. The first-order valence-electron chi connectivity index (χ1n) is 5.33. The Labute approximate surface area is 88.6 Å². The molecule has 76 valence electrons. The molecule has 1 aromatic heterocycles. The van der Waals surface area contributed by atoms with Gasteiger partial charge < -0.3 is 5.11 Å². The van der Waals surface area contributed by atoms with Gasteiger partial charge in [0, 0.05) is 24.4 Å². The van der Waals surface area contributed by atoms with E-state index in [4.69, 9.17) is 5.11 Å². The molecule has 1 aromatic carbocycles. The van der Waals surface area contributed by atoms with E-state index in [0.29, 0.717) is 18.4 Å². The maximum absolute atomic E-state index is 9.09. The Bertz CT molecular complexity index is 489. The summed E-state index contributed by atoms with van der Waals surface area (Å²) in [5, 5.41) is 11.6. The second-order valence-corrected chi connectivity index (χ2v) is 4.23. The number of aromatic nitrogens is 1. The fourth-order valence-electron chi connectivity index (χ4n) is 2.27. The fraction of sp³-hybridized carbons (Fsp3) is 0.308. The molecule has 2 nitrogen and oxygen atoms in total. The first-order chi connectivity index (χ1) is 7.40. The van der Waals surface area contributed by atoms with Gasteiger partial charge in [-0.15, -0.1) is 0 Å². The van der Waals surface area contributed by atoms with Crippen LogP contribution in [0.25, 0.3) is 10.8 Å². The minimum atomic E-state index is 0.299. The van der Waals surface area contributed by atoms with Crippen molar-refractivity contribution in [3.05, 3.63) is 42.2 Å². The summed E-state index contributed by atoms with van der Waals surface area (Å²) in [5.74, 6) is 0.978. The number of aliphatic hydroxyl groups excluding tert-OH is 1. The largest absolute Gasteiger partial charge is 0.396 e. The van der Waals surface area contributed by atoms with Crippen molar-refractivity contribution in [2.75, 3.05) is 6.61 Å². The highest BCUT2D eigenvalue weighted by Crippen LogP contribution is 2.48. The van der Waals surface area contributed by atoms with Gasteiger partial charge in [-0.2, -0.15) is 0 Å². The molecule has 1 aliphatic carbocycles. The summed E-state index contributed by atoms with van der Waals surface area (Å²) in [4.78, 5) is 4.26. The van der Waals surface area contributed by atoms with Gasteiger partial charge in [-0.3, -0.25) is 4.98 Å². The van der Waals surface area contributed by atoms with E-state index < -0.39 is 0 Å². The Hall–Kier alpha value is -1.41. The SMILES string of the molecule is OCC1CC1c1cncc2ccccc12. The van der Waals surface area contributed by atoms with Gasteiger partial charge in [-0.1, -0.05) is 24.3 Å². The molecule has 0 amide bonds. The molecule has 0 bridgehead atoms. The molecule has 2 aromatic rings. The molecule has 2 atom stereocenters. The molecule has 1 saturated carbocycles. The Morgan fingerprint density at radius 1 is 1.27 bits per heavy atom. The zero-order valence-electron chi connectivity index (χ0n) is 8.43. The van der Waals surface area contributed by atoms with Gasteiger partial charge in [-0.05, 0) is 29.2 Å². The van der Waals surface area contributed by atoms with Crippen LogP contribution in [0.3, 0.4) is 0 Å². The normalized spacial score (nSPS) is 24.3. The third-order valence-corrected chi connectivity index (χ3v) is 3.26. The van der Waals surface area contributed by atoms with Crippen LogP contribution < -0.4 is 0 Å². The van der Waals surface area contributed by atoms with Gasteiger partial charge in [0.2, 0.25) is 0 Å². The molecule has 1 N–H and O–H groups in total. The molecule has 15 heavy (non-hydrogen) atoms. The van der Waals surface area contributed by atoms with Crippen molar-refractivity contribution in [1.82, 2.24) is 4.98 Å². The smallest absolute Gasteiger partial charge is 0.0465 e. The minimum absolute atomic E-state index is 0.299. The summed E-state index contributed by atoms with van der Waals surface area (Å²) in [6.07, 6.45) is 4.95. The van der Waals surface area contributed by atoms with E-state index in [-0.39, 0.29) is 0 Å². The van der Waals surface area contributed by atoms with Gasteiger partial charge in [-0.25, -0.2) is 0 Å². The molecule has 1 aliphatic rings. The second-order valence-electron chi connectivity index (χ2n) is 4.23. The maximum Gasteiger partial charge on any atom is 0.0465 e. The Morgan fingerprint density at radius 3 is 2.93 bits per heavy atom. The lowest BCUT2D eigenvalue weighted by Crippen LogP contribution is -1.91. The molecule has 1 heterocycles. The van der Waals surface area contributed by atoms with Crippen molar-refractivity contribution in [2.24, 2.45) is 5.92 Å². The van der Waals surface area contributed by atoms with Crippen molar-refractivity contribution >= 4 is 10.8 Å². The Morgan fingerprint density at radius 2 is 2.13 bits per heavy atom. The lowest BCUT2D eigenvalue weighted by molar-refractivity contribution is 0.274. The number of fused-ring (bicyclic) bond motifs is 1. The Balaban J connectivity index is 2.11. The second kappa shape index (κ2) is 3.31. The summed E-state index contributed by atoms with van der Waals surface area (Å²) in [6.45, 7) is 0.299. The molecule has 0 spiro atoms. The van der Waals surface area contributed by atoms with Gasteiger partial charge in [0.25, 0.3) is 0 Å². The number of rotatable bonds is 2. The van der Waals surface area contributed by atoms with Crippen LogP contribution in [0, 0.1) is 5.92 Å². The summed E-state index contributed by atoms with van der Waals surface area (Å²) in [7, 11) is 0. The quantitative estimate of drug-likeness (QED) is 0.805. The van der Waals surface area contributed by atoms with Gasteiger partial charge in [0.1, 0.15) is 0 Å². The van der Waals surface area contributed by atoms with E-state index in [9.17, 15) is 0 Å². The molecule has 1 fully saturated rings. The van der Waals surface area contributed by atoms with Crippen LogP contribution in [-0.2, 0) is 0 Å². The van der Waals surface area contributed by atoms with Gasteiger partial charge >= 0.3 is 0 Å². The maximum atomic E-state index is 9.09. The van der Waals surface area contributed by atoms with Crippen LogP contribution in [0.15, 0.2) is 36.7 Å². The van der Waals surface area contributed by atoms with E-state index in [0.717, 1.165) is 6.42 Å². The van der Waals surface area contributed by atoms with E-state index in [2.05, 4.69) is 23.2 Å². The fourth-order valence-corrected chi connectivity index (χ4v) is 2.27. The Kier molecular flexibility index (Phi) is 1.96. The number of pyridine rings is 1. The minimum Gasteiger partial charge on any atom is -0.396 e. The van der Waals surface area contributed by atoms with E-state index >= 15 is 0 Å². The topological polar surface area (TPSA) is 33.1 Å². The summed E-state index contributed by atoms with van der Waals surface area (Å²) >= 11 is 0. The van der Waals surface area contributed by atoms with Crippen LogP contribution >= 0.6 is 0 Å². The number of nitrogens with zero attached hydrogens (tertiary/aromatic N) is 1. The van der Waals surface area contributed by atoms with Crippen molar-refractivity contribution in [2.45, 2.75) is 12.3 Å². The predicted octanol–water partition coefficient (Wildman–Crippen LogP) is 2.33. The van der Waals surface area contributed by atoms with Crippen molar-refractivity contribution in [1.29, 1.82) is 0 Å². The van der Waals surface area contributed by atoms with Gasteiger partial charge in [0.05, 0.1) is 0 Å². The average Bonchev–Trinajstić information content (AvgIpc) is 3.07. The highest BCUT2D eigenvalue weighted by molar-refractivity contribution is 5.85. The van der Waals surface area contributed by atoms with Crippen LogP contribution in [-0.4, -0.2) is 16.7 Å². The van der Waals surface area contributed by atoms with Gasteiger partial charge in [0.15, 0.2) is 0 Å². The molecule has 0 aliphatic heterocycles. The van der Waals surface area contributed by atoms with Crippen LogP contribution in [0.1, 0.15) is 17.9 Å². The monoisotopic (exact) mass is 199 g/mol. The summed E-state index contributed by atoms with van der Waals surface area (Å²) in [5.41, 5.74) is 1.30. The van der Waals surface area contributed by atoms with Crippen molar-refractivity contribution in [3.8, 4) is 0 Å². The van der Waals surface area contributed by atoms with E-state index in [1.165, 1.54) is 16.3 Å². The molecule has 2 unspecified atom stereocenters. The molecule has 0 saturated heterocycles. The van der Waals surface area contributed by atoms with E-state index in [1.807, 2.05) is 18.5 Å². The zero-order valence-corrected chi connectivity index (χ0v) is 8.43. The molecular weight excluding hydrogens is 186 g/mol. The van der Waals surface area contributed by atoms with Crippen molar-refractivity contribution < 1.29 is 5.11 Å². The van der Waals surface area contributed by atoms with Crippen molar-refractivity contribution in [3.63, 3.8) is 0 Å². The average molecular weight is 199 g/mol.